The van der Waals surface area contributed by atoms with E-state index in [9.17, 15) is 25.1 Å². The second kappa shape index (κ2) is 6.63. The number of nitrogens with zero attached hydrogens (tertiary/aromatic N) is 1. The number of rotatable bonds is 4. The fourth-order valence-electron chi connectivity index (χ4n) is 3.81. The van der Waals surface area contributed by atoms with Crippen LogP contribution in [0.15, 0.2) is 60.7 Å². The number of phenolic OH excluding ortho intramolecular Hbond substituents is 2. The maximum atomic E-state index is 12.7. The molecule has 1 unspecified atom stereocenters. The maximum Gasteiger partial charge on any atom is 0.340 e. The van der Waals surface area contributed by atoms with Gasteiger partial charge in [0.05, 0.1) is 10.5 Å². The van der Waals surface area contributed by atoms with Crippen molar-refractivity contribution in [1.29, 1.82) is 0 Å². The van der Waals surface area contributed by atoms with E-state index in [4.69, 9.17) is 4.74 Å². The lowest BCUT2D eigenvalue weighted by molar-refractivity contribution is -0.385. The van der Waals surface area contributed by atoms with Crippen molar-refractivity contribution in [3.63, 3.8) is 0 Å². The molecule has 0 saturated heterocycles. The number of aromatic hydroxyl groups is 2. The minimum absolute atomic E-state index is 0.0761. The first-order valence-electron chi connectivity index (χ1n) is 9.01. The highest BCUT2D eigenvalue weighted by Crippen LogP contribution is 2.49. The number of nitro benzene ring substituents is 1. The van der Waals surface area contributed by atoms with E-state index in [0.29, 0.717) is 34.2 Å². The van der Waals surface area contributed by atoms with Gasteiger partial charge in [-0.3, -0.25) is 10.1 Å². The van der Waals surface area contributed by atoms with Crippen molar-refractivity contribution in [3.8, 4) is 11.5 Å². The average Bonchev–Trinajstić information content (AvgIpc) is 3.03. The smallest absolute Gasteiger partial charge is 0.340 e. The molecule has 7 heteroatoms. The van der Waals surface area contributed by atoms with E-state index >= 15 is 0 Å². The molecule has 0 fully saturated rings. The van der Waals surface area contributed by atoms with Crippen LogP contribution in [0.25, 0.3) is 0 Å². The number of ether oxygens (including phenoxy) is 1. The summed E-state index contributed by atoms with van der Waals surface area (Å²) in [7, 11) is 0. The third-order valence-corrected chi connectivity index (χ3v) is 5.22. The number of nitro groups is 1. The first-order chi connectivity index (χ1) is 13.9. The summed E-state index contributed by atoms with van der Waals surface area (Å²) in [4.78, 5) is 23.8. The summed E-state index contributed by atoms with van der Waals surface area (Å²) in [6, 6.07) is 15.6. The molecule has 0 saturated carbocycles. The Kier molecular flexibility index (Phi) is 4.23. The van der Waals surface area contributed by atoms with Gasteiger partial charge in [-0.15, -0.1) is 0 Å². The number of esters is 1. The lowest BCUT2D eigenvalue weighted by atomic mass is 9.79. The minimum Gasteiger partial charge on any atom is -0.504 e. The van der Waals surface area contributed by atoms with Crippen LogP contribution in [0.1, 0.15) is 39.5 Å². The van der Waals surface area contributed by atoms with Crippen molar-refractivity contribution in [1.82, 2.24) is 0 Å². The van der Waals surface area contributed by atoms with Crippen LogP contribution >= 0.6 is 0 Å². The summed E-state index contributed by atoms with van der Waals surface area (Å²) < 4.78 is 5.84. The molecule has 7 nitrogen and oxygen atoms in total. The van der Waals surface area contributed by atoms with Gasteiger partial charge >= 0.3 is 5.97 Å². The van der Waals surface area contributed by atoms with Gasteiger partial charge < -0.3 is 14.9 Å². The van der Waals surface area contributed by atoms with Crippen LogP contribution < -0.4 is 0 Å². The number of aryl methyl sites for hydroxylation is 1. The zero-order valence-electron chi connectivity index (χ0n) is 15.5. The Morgan fingerprint density at radius 2 is 1.69 bits per heavy atom. The van der Waals surface area contributed by atoms with Gasteiger partial charge in [-0.05, 0) is 24.6 Å². The van der Waals surface area contributed by atoms with Crippen LogP contribution in [0.4, 0.5) is 5.69 Å². The van der Waals surface area contributed by atoms with Crippen molar-refractivity contribution < 1.29 is 24.7 Å². The van der Waals surface area contributed by atoms with Crippen LogP contribution in [0.3, 0.4) is 0 Å². The summed E-state index contributed by atoms with van der Waals surface area (Å²) in [5.41, 5.74) is 0.578. The first-order valence-corrected chi connectivity index (χ1v) is 9.01. The summed E-state index contributed by atoms with van der Waals surface area (Å²) >= 11 is 0. The van der Waals surface area contributed by atoms with Gasteiger partial charge in [0.25, 0.3) is 5.69 Å². The Morgan fingerprint density at radius 1 is 1.00 bits per heavy atom. The zero-order chi connectivity index (χ0) is 20.8. The fraction of sp³-hybridized carbons (Fsp3) is 0.136. The number of carbonyl (C=O) groups is 1. The average molecular weight is 391 g/mol. The van der Waals surface area contributed by atoms with E-state index in [1.54, 1.807) is 36.4 Å². The lowest BCUT2D eigenvalue weighted by Gasteiger charge is -2.30. The van der Waals surface area contributed by atoms with Crippen molar-refractivity contribution in [2.24, 2.45) is 0 Å². The number of phenols is 2. The highest BCUT2D eigenvalue weighted by molar-refractivity contribution is 5.96. The van der Waals surface area contributed by atoms with Gasteiger partial charge in [0.2, 0.25) is 0 Å². The second-order valence-electron chi connectivity index (χ2n) is 6.77. The molecule has 0 bridgehead atoms. The van der Waals surface area contributed by atoms with E-state index in [0.717, 1.165) is 0 Å². The molecule has 2 N–H and O–H groups in total. The van der Waals surface area contributed by atoms with Gasteiger partial charge in [-0.25, -0.2) is 4.79 Å². The van der Waals surface area contributed by atoms with Crippen LogP contribution in [-0.4, -0.2) is 21.1 Å². The third kappa shape index (κ3) is 2.70. The van der Waals surface area contributed by atoms with E-state index in [-0.39, 0.29) is 17.2 Å². The van der Waals surface area contributed by atoms with E-state index < -0.39 is 16.5 Å². The van der Waals surface area contributed by atoms with Gasteiger partial charge in [-0.1, -0.05) is 43.3 Å². The lowest BCUT2D eigenvalue weighted by Crippen LogP contribution is -2.29. The summed E-state index contributed by atoms with van der Waals surface area (Å²) in [5, 5.41) is 31.4. The van der Waals surface area contributed by atoms with Crippen LogP contribution in [0.2, 0.25) is 0 Å². The highest BCUT2D eigenvalue weighted by Gasteiger charge is 2.49. The Hall–Kier alpha value is -3.87. The number of carbonyl (C=O) groups excluding carboxylic acids is 1. The Bertz CT molecular complexity index is 1160. The molecule has 0 spiro atoms. The molecule has 0 amide bonds. The summed E-state index contributed by atoms with van der Waals surface area (Å²) in [6.07, 6.45) is 0.472. The maximum absolute atomic E-state index is 12.7. The molecule has 0 aliphatic carbocycles. The molecule has 0 aromatic heterocycles. The molecule has 0 radical (unpaired) electrons. The largest absolute Gasteiger partial charge is 0.504 e. The van der Waals surface area contributed by atoms with Gasteiger partial charge in [0.1, 0.15) is 0 Å². The zero-order valence-corrected chi connectivity index (χ0v) is 15.5. The molecular weight excluding hydrogens is 374 g/mol. The molecule has 4 rings (SSSR count). The number of fused-ring (bicyclic) bond motifs is 1. The summed E-state index contributed by atoms with van der Waals surface area (Å²) in [5.74, 6) is -1.29. The fourth-order valence-corrected chi connectivity index (χ4v) is 3.81. The van der Waals surface area contributed by atoms with E-state index in [2.05, 4.69) is 0 Å². The number of hydrogen-bond donors (Lipinski definition) is 2. The molecule has 29 heavy (non-hydrogen) atoms. The number of cyclic esters (lactones) is 1. The minimum atomic E-state index is -1.49. The van der Waals surface area contributed by atoms with Gasteiger partial charge in [0, 0.05) is 28.3 Å². The van der Waals surface area contributed by atoms with Crippen LogP contribution in [0, 0.1) is 10.1 Å². The van der Waals surface area contributed by atoms with Crippen molar-refractivity contribution in [2.45, 2.75) is 18.9 Å². The molecule has 1 atom stereocenters. The molecular formula is C22H17NO6. The molecule has 1 aliphatic heterocycles. The predicted molar refractivity (Wildman–Crippen MR) is 104 cm³/mol. The normalized spacial score (nSPS) is 17.6. The molecule has 1 heterocycles. The van der Waals surface area contributed by atoms with Crippen LogP contribution in [-0.2, 0) is 16.8 Å². The van der Waals surface area contributed by atoms with Crippen LogP contribution in [0.5, 0.6) is 11.5 Å². The predicted octanol–water partition coefficient (Wildman–Crippen LogP) is 4.03. The molecule has 146 valence electrons. The van der Waals surface area contributed by atoms with Crippen molar-refractivity contribution in [2.75, 3.05) is 0 Å². The Morgan fingerprint density at radius 3 is 2.38 bits per heavy atom. The first kappa shape index (κ1) is 18.5. The number of benzene rings is 3. The van der Waals surface area contributed by atoms with Crippen molar-refractivity contribution >= 4 is 11.7 Å². The topological polar surface area (TPSA) is 110 Å². The SMILES string of the molecule is CCc1ccc(C2(c3ccc(O)c(O)c3)OC(=O)c3ccccc32)cc1[N+](=O)[O-]. The number of hydrogen-bond acceptors (Lipinski definition) is 6. The molecule has 3 aromatic rings. The quantitative estimate of drug-likeness (QED) is 0.301. The second-order valence-corrected chi connectivity index (χ2v) is 6.77. The van der Waals surface area contributed by atoms with Crippen molar-refractivity contribution in [3.05, 3.63) is 98.6 Å². The highest BCUT2D eigenvalue weighted by atomic mass is 16.6. The molecule has 1 aliphatic rings. The monoisotopic (exact) mass is 391 g/mol. The summed E-state index contributed by atoms with van der Waals surface area (Å²) in [6.45, 7) is 1.82. The molecule has 3 aromatic carbocycles. The third-order valence-electron chi connectivity index (χ3n) is 5.22. The van der Waals surface area contributed by atoms with Gasteiger partial charge in [0.15, 0.2) is 17.1 Å². The standard InChI is InChI=1S/C22H17NO6/c1-2-13-7-8-14(11-18(13)23(27)28)22(15-9-10-19(24)20(25)12-15)17-6-4-3-5-16(17)21(26)29-22/h3-12,24-25H,2H2,1H3. The Labute approximate surface area is 166 Å². The Balaban J connectivity index is 2.06. The van der Waals surface area contributed by atoms with Gasteiger partial charge in [-0.2, -0.15) is 0 Å². The van der Waals surface area contributed by atoms with E-state index in [1.165, 1.54) is 24.3 Å². The van der Waals surface area contributed by atoms with E-state index in [1.807, 2.05) is 6.92 Å².